The number of carbonyl (C=O) groups is 1. The minimum atomic E-state index is -0.0228. The summed E-state index contributed by atoms with van der Waals surface area (Å²) in [5.41, 5.74) is 0. The number of hydrogen-bond acceptors (Lipinski definition) is 4. The Labute approximate surface area is 130 Å². The van der Waals surface area contributed by atoms with Crippen molar-refractivity contribution in [3.8, 4) is 0 Å². The van der Waals surface area contributed by atoms with Crippen molar-refractivity contribution in [2.45, 2.75) is 39.8 Å². The van der Waals surface area contributed by atoms with E-state index in [4.69, 9.17) is 0 Å². The summed E-state index contributed by atoms with van der Waals surface area (Å²) in [5.74, 6) is 0.623. The molecule has 0 aliphatic heterocycles. The average Bonchev–Trinajstić information content (AvgIpc) is 2.86. The molecular formula is C14H25N5OS. The van der Waals surface area contributed by atoms with Crippen LogP contribution in [-0.4, -0.2) is 48.4 Å². The number of aliphatic imine (C=N–C) groups is 1. The Morgan fingerprint density at radius 1 is 1.52 bits per heavy atom. The molecule has 1 heterocycles. The van der Waals surface area contributed by atoms with Gasteiger partial charge < -0.3 is 15.5 Å². The van der Waals surface area contributed by atoms with Crippen molar-refractivity contribution in [1.82, 2.24) is 20.5 Å². The number of carbonyl (C=O) groups excluding carboxylic acids is 1. The van der Waals surface area contributed by atoms with E-state index >= 15 is 0 Å². The molecule has 6 nitrogen and oxygen atoms in total. The summed E-state index contributed by atoms with van der Waals surface area (Å²) in [6, 6.07) is 0.295. The fourth-order valence-electron chi connectivity index (χ4n) is 1.42. The summed E-state index contributed by atoms with van der Waals surface area (Å²) in [5, 5.41) is 7.51. The van der Waals surface area contributed by atoms with Crippen LogP contribution < -0.4 is 10.6 Å². The SMILES string of the molecule is CCC(C)NC(=NCC(=O)N(C)C)NCc1ncc(C)s1. The van der Waals surface area contributed by atoms with Gasteiger partial charge in [-0.1, -0.05) is 6.92 Å². The van der Waals surface area contributed by atoms with Crippen LogP contribution in [0.1, 0.15) is 30.2 Å². The maximum atomic E-state index is 11.6. The van der Waals surface area contributed by atoms with Crippen LogP contribution in [0.25, 0.3) is 0 Å². The highest BCUT2D eigenvalue weighted by atomic mass is 32.1. The van der Waals surface area contributed by atoms with Crippen LogP contribution in [0, 0.1) is 6.92 Å². The number of rotatable bonds is 6. The van der Waals surface area contributed by atoms with Gasteiger partial charge in [-0.2, -0.15) is 0 Å². The first-order valence-corrected chi connectivity index (χ1v) is 7.90. The number of aryl methyl sites for hydroxylation is 1. The molecule has 0 saturated carbocycles. The van der Waals surface area contributed by atoms with E-state index in [1.807, 2.05) is 13.1 Å². The predicted octanol–water partition coefficient (Wildman–Crippen LogP) is 1.37. The monoisotopic (exact) mass is 311 g/mol. The second-order valence-corrected chi connectivity index (χ2v) is 6.44. The number of thiazole rings is 1. The molecule has 0 aliphatic carbocycles. The van der Waals surface area contributed by atoms with Crippen LogP contribution in [0.2, 0.25) is 0 Å². The lowest BCUT2D eigenvalue weighted by atomic mass is 10.3. The summed E-state index contributed by atoms with van der Waals surface area (Å²) in [6.07, 6.45) is 2.84. The molecule has 1 aromatic rings. The summed E-state index contributed by atoms with van der Waals surface area (Å²) in [7, 11) is 3.46. The third-order valence-electron chi connectivity index (χ3n) is 2.94. The molecule has 1 aromatic heterocycles. The van der Waals surface area contributed by atoms with E-state index < -0.39 is 0 Å². The van der Waals surface area contributed by atoms with E-state index in [0.29, 0.717) is 18.5 Å². The summed E-state index contributed by atoms with van der Waals surface area (Å²) < 4.78 is 0. The van der Waals surface area contributed by atoms with Crippen molar-refractivity contribution >= 4 is 23.2 Å². The highest BCUT2D eigenvalue weighted by Crippen LogP contribution is 2.10. The maximum absolute atomic E-state index is 11.6. The first kappa shape index (κ1) is 17.4. The first-order chi connectivity index (χ1) is 9.92. The minimum absolute atomic E-state index is 0.0228. The molecule has 118 valence electrons. The van der Waals surface area contributed by atoms with E-state index in [1.165, 1.54) is 9.78 Å². The summed E-state index contributed by atoms with van der Waals surface area (Å²) >= 11 is 1.65. The molecule has 1 amide bonds. The fraction of sp³-hybridized carbons (Fsp3) is 0.643. The highest BCUT2D eigenvalue weighted by molar-refractivity contribution is 7.11. The minimum Gasteiger partial charge on any atom is -0.354 e. The van der Waals surface area contributed by atoms with E-state index in [2.05, 4.69) is 34.5 Å². The van der Waals surface area contributed by atoms with Crippen LogP contribution in [-0.2, 0) is 11.3 Å². The average molecular weight is 311 g/mol. The van der Waals surface area contributed by atoms with Crippen LogP contribution in [0.4, 0.5) is 0 Å². The zero-order chi connectivity index (χ0) is 15.8. The van der Waals surface area contributed by atoms with E-state index in [0.717, 1.165) is 11.4 Å². The van der Waals surface area contributed by atoms with Crippen molar-refractivity contribution < 1.29 is 4.79 Å². The van der Waals surface area contributed by atoms with Gasteiger partial charge in [-0.25, -0.2) is 9.98 Å². The zero-order valence-corrected chi connectivity index (χ0v) is 14.3. The molecule has 0 radical (unpaired) electrons. The van der Waals surface area contributed by atoms with Crippen molar-refractivity contribution in [1.29, 1.82) is 0 Å². The first-order valence-electron chi connectivity index (χ1n) is 7.08. The summed E-state index contributed by atoms with van der Waals surface area (Å²) in [4.78, 5) is 23.0. The quantitative estimate of drug-likeness (QED) is 0.615. The molecule has 0 aliphatic rings. The van der Waals surface area contributed by atoms with Crippen LogP contribution in [0.15, 0.2) is 11.2 Å². The fourth-order valence-corrected chi connectivity index (χ4v) is 2.15. The molecule has 0 aromatic carbocycles. The molecule has 0 fully saturated rings. The number of hydrogen-bond donors (Lipinski definition) is 2. The van der Waals surface area contributed by atoms with Crippen LogP contribution >= 0.6 is 11.3 Å². The van der Waals surface area contributed by atoms with Gasteiger partial charge in [0.1, 0.15) is 11.6 Å². The van der Waals surface area contributed by atoms with E-state index in [9.17, 15) is 4.79 Å². The molecule has 1 unspecified atom stereocenters. The Morgan fingerprint density at radius 2 is 2.24 bits per heavy atom. The number of nitrogens with zero attached hydrogens (tertiary/aromatic N) is 3. The zero-order valence-electron chi connectivity index (χ0n) is 13.4. The van der Waals surface area contributed by atoms with Crippen LogP contribution in [0.5, 0.6) is 0 Å². The normalized spacial score (nSPS) is 12.9. The number of nitrogens with one attached hydrogen (secondary N) is 2. The number of amides is 1. The molecule has 21 heavy (non-hydrogen) atoms. The lowest BCUT2D eigenvalue weighted by Gasteiger charge is -2.17. The van der Waals surface area contributed by atoms with Gasteiger partial charge in [-0.3, -0.25) is 4.79 Å². The molecule has 0 saturated heterocycles. The van der Waals surface area contributed by atoms with Gasteiger partial charge in [0.2, 0.25) is 5.91 Å². The Hall–Kier alpha value is -1.63. The smallest absolute Gasteiger partial charge is 0.243 e. The Morgan fingerprint density at radius 3 is 2.76 bits per heavy atom. The van der Waals surface area contributed by atoms with E-state index in [-0.39, 0.29) is 12.5 Å². The van der Waals surface area contributed by atoms with Gasteiger partial charge in [0.25, 0.3) is 0 Å². The largest absolute Gasteiger partial charge is 0.354 e. The predicted molar refractivity (Wildman–Crippen MR) is 87.6 cm³/mol. The molecule has 7 heteroatoms. The topological polar surface area (TPSA) is 69.6 Å². The van der Waals surface area contributed by atoms with Gasteiger partial charge in [-0.05, 0) is 20.3 Å². The third kappa shape index (κ3) is 6.57. The Kier molecular flexibility index (Phi) is 7.14. The van der Waals surface area contributed by atoms with Gasteiger partial charge in [0.15, 0.2) is 5.96 Å². The molecule has 0 spiro atoms. The molecule has 1 atom stereocenters. The molecule has 0 bridgehead atoms. The lowest BCUT2D eigenvalue weighted by Crippen LogP contribution is -2.42. The number of likely N-dealkylation sites (N-methyl/N-ethyl adjacent to an activating group) is 1. The van der Waals surface area contributed by atoms with Gasteiger partial charge >= 0.3 is 0 Å². The standard InChI is InChI=1S/C14H25N5OS/c1-6-10(2)18-14(17-9-13(20)19(4)5)16-8-12-15-7-11(3)21-12/h7,10H,6,8-9H2,1-5H3,(H2,16,17,18). The van der Waals surface area contributed by atoms with Gasteiger partial charge in [0.05, 0.1) is 6.54 Å². The van der Waals surface area contributed by atoms with Gasteiger partial charge in [-0.15, -0.1) is 11.3 Å². The van der Waals surface area contributed by atoms with Crippen molar-refractivity contribution in [3.05, 3.63) is 16.1 Å². The second kappa shape index (κ2) is 8.61. The molecule has 2 N–H and O–H groups in total. The number of aromatic nitrogens is 1. The maximum Gasteiger partial charge on any atom is 0.243 e. The second-order valence-electron chi connectivity index (χ2n) is 5.12. The summed E-state index contributed by atoms with van der Waals surface area (Å²) in [6.45, 7) is 6.96. The lowest BCUT2D eigenvalue weighted by molar-refractivity contribution is -0.127. The van der Waals surface area contributed by atoms with E-state index in [1.54, 1.807) is 25.4 Å². The number of guanidine groups is 1. The van der Waals surface area contributed by atoms with Crippen molar-refractivity contribution in [3.63, 3.8) is 0 Å². The Balaban J connectivity index is 2.62. The third-order valence-corrected chi connectivity index (χ3v) is 3.86. The Bertz CT molecular complexity index is 483. The molecule has 1 rings (SSSR count). The highest BCUT2D eigenvalue weighted by Gasteiger charge is 2.07. The van der Waals surface area contributed by atoms with Crippen LogP contribution in [0.3, 0.4) is 0 Å². The van der Waals surface area contributed by atoms with Crippen molar-refractivity contribution in [2.24, 2.45) is 4.99 Å². The van der Waals surface area contributed by atoms with Gasteiger partial charge in [0, 0.05) is 31.2 Å². The molecular weight excluding hydrogens is 286 g/mol. The van der Waals surface area contributed by atoms with Crippen molar-refractivity contribution in [2.75, 3.05) is 20.6 Å².